The SMILES string of the molecule is CCc1cc(CC)cc(NC(C)C)c1. The van der Waals surface area contributed by atoms with Gasteiger partial charge in [-0.3, -0.25) is 0 Å². The lowest BCUT2D eigenvalue weighted by Gasteiger charge is -2.12. The molecular weight excluding hydrogens is 170 g/mol. The fourth-order valence-corrected chi connectivity index (χ4v) is 1.59. The third kappa shape index (κ3) is 3.06. The van der Waals surface area contributed by atoms with Crippen LogP contribution in [0.4, 0.5) is 5.69 Å². The lowest BCUT2D eigenvalue weighted by Crippen LogP contribution is -2.10. The first kappa shape index (κ1) is 11.1. The van der Waals surface area contributed by atoms with Crippen LogP contribution in [-0.4, -0.2) is 6.04 Å². The molecule has 0 aliphatic carbocycles. The first-order chi connectivity index (χ1) is 6.65. The van der Waals surface area contributed by atoms with Crippen LogP contribution in [0.25, 0.3) is 0 Å². The Morgan fingerprint density at radius 1 is 1.00 bits per heavy atom. The summed E-state index contributed by atoms with van der Waals surface area (Å²) in [5, 5.41) is 3.45. The Kier molecular flexibility index (Phi) is 3.99. The van der Waals surface area contributed by atoms with Crippen LogP contribution in [0.2, 0.25) is 0 Å². The Bertz CT molecular complexity index is 267. The van der Waals surface area contributed by atoms with Gasteiger partial charge in [-0.25, -0.2) is 0 Å². The summed E-state index contributed by atoms with van der Waals surface area (Å²) in [7, 11) is 0. The summed E-state index contributed by atoms with van der Waals surface area (Å²) < 4.78 is 0. The van der Waals surface area contributed by atoms with E-state index in [1.165, 1.54) is 16.8 Å². The van der Waals surface area contributed by atoms with Gasteiger partial charge in [0, 0.05) is 11.7 Å². The van der Waals surface area contributed by atoms with Crippen LogP contribution in [0.1, 0.15) is 38.8 Å². The van der Waals surface area contributed by atoms with Crippen molar-refractivity contribution < 1.29 is 0 Å². The lowest BCUT2D eigenvalue weighted by atomic mass is 10.1. The molecule has 78 valence electrons. The highest BCUT2D eigenvalue weighted by molar-refractivity contribution is 5.49. The Hall–Kier alpha value is -0.980. The van der Waals surface area contributed by atoms with Gasteiger partial charge in [-0.05, 0) is 49.9 Å². The van der Waals surface area contributed by atoms with Crippen molar-refractivity contribution in [2.75, 3.05) is 5.32 Å². The van der Waals surface area contributed by atoms with E-state index in [1.54, 1.807) is 0 Å². The van der Waals surface area contributed by atoms with Crippen molar-refractivity contribution in [1.82, 2.24) is 0 Å². The summed E-state index contributed by atoms with van der Waals surface area (Å²) >= 11 is 0. The highest BCUT2D eigenvalue weighted by Gasteiger charge is 2.00. The van der Waals surface area contributed by atoms with E-state index >= 15 is 0 Å². The van der Waals surface area contributed by atoms with E-state index in [9.17, 15) is 0 Å². The van der Waals surface area contributed by atoms with Crippen molar-refractivity contribution in [3.05, 3.63) is 29.3 Å². The third-order valence-electron chi connectivity index (χ3n) is 2.32. The zero-order chi connectivity index (χ0) is 10.6. The van der Waals surface area contributed by atoms with Gasteiger partial charge in [0.25, 0.3) is 0 Å². The normalized spacial score (nSPS) is 10.6. The van der Waals surface area contributed by atoms with Gasteiger partial charge in [-0.15, -0.1) is 0 Å². The number of rotatable bonds is 4. The third-order valence-corrected chi connectivity index (χ3v) is 2.32. The predicted octanol–water partition coefficient (Wildman–Crippen LogP) is 3.63. The largest absolute Gasteiger partial charge is 0.383 e. The fourth-order valence-electron chi connectivity index (χ4n) is 1.59. The Morgan fingerprint density at radius 3 is 1.86 bits per heavy atom. The van der Waals surface area contributed by atoms with Crippen LogP contribution in [0.15, 0.2) is 18.2 Å². The molecular formula is C13H21N. The first-order valence-electron chi connectivity index (χ1n) is 5.55. The lowest BCUT2D eigenvalue weighted by molar-refractivity contribution is 0.897. The van der Waals surface area contributed by atoms with Gasteiger partial charge in [0.05, 0.1) is 0 Å². The maximum absolute atomic E-state index is 3.45. The molecule has 0 saturated heterocycles. The Morgan fingerprint density at radius 2 is 1.50 bits per heavy atom. The van der Waals surface area contributed by atoms with Crippen molar-refractivity contribution in [2.45, 2.75) is 46.6 Å². The zero-order valence-electron chi connectivity index (χ0n) is 9.72. The molecule has 1 heteroatoms. The van der Waals surface area contributed by atoms with Crippen LogP contribution in [-0.2, 0) is 12.8 Å². The molecule has 0 heterocycles. The molecule has 0 unspecified atom stereocenters. The van der Waals surface area contributed by atoms with Gasteiger partial charge >= 0.3 is 0 Å². The zero-order valence-corrected chi connectivity index (χ0v) is 9.72. The predicted molar refractivity (Wildman–Crippen MR) is 64.0 cm³/mol. The number of anilines is 1. The molecule has 0 radical (unpaired) electrons. The summed E-state index contributed by atoms with van der Waals surface area (Å²) in [5.74, 6) is 0. The minimum atomic E-state index is 0.506. The van der Waals surface area contributed by atoms with Crippen LogP contribution < -0.4 is 5.32 Å². The van der Waals surface area contributed by atoms with Gasteiger partial charge in [-0.1, -0.05) is 19.9 Å². The molecule has 0 atom stereocenters. The van der Waals surface area contributed by atoms with Crippen molar-refractivity contribution >= 4 is 5.69 Å². The minimum Gasteiger partial charge on any atom is -0.383 e. The minimum absolute atomic E-state index is 0.506. The van der Waals surface area contributed by atoms with E-state index in [2.05, 4.69) is 51.2 Å². The molecule has 0 spiro atoms. The van der Waals surface area contributed by atoms with Crippen LogP contribution in [0, 0.1) is 0 Å². The molecule has 14 heavy (non-hydrogen) atoms. The number of hydrogen-bond donors (Lipinski definition) is 1. The van der Waals surface area contributed by atoms with E-state index < -0.39 is 0 Å². The molecule has 1 rings (SSSR count). The molecule has 0 fully saturated rings. The van der Waals surface area contributed by atoms with Gasteiger partial charge in [0.15, 0.2) is 0 Å². The van der Waals surface area contributed by atoms with Crippen LogP contribution >= 0.6 is 0 Å². The summed E-state index contributed by atoms with van der Waals surface area (Å²) in [5.41, 5.74) is 4.11. The average molecular weight is 191 g/mol. The smallest absolute Gasteiger partial charge is 0.0347 e. The van der Waals surface area contributed by atoms with E-state index in [4.69, 9.17) is 0 Å². The van der Waals surface area contributed by atoms with Crippen molar-refractivity contribution in [3.8, 4) is 0 Å². The molecule has 0 bridgehead atoms. The molecule has 1 aromatic carbocycles. The molecule has 0 aliphatic heterocycles. The average Bonchev–Trinajstić information content (AvgIpc) is 2.16. The summed E-state index contributed by atoms with van der Waals surface area (Å²) in [4.78, 5) is 0. The topological polar surface area (TPSA) is 12.0 Å². The van der Waals surface area contributed by atoms with Crippen LogP contribution in [0.3, 0.4) is 0 Å². The number of benzene rings is 1. The van der Waals surface area contributed by atoms with E-state index in [1.807, 2.05) is 0 Å². The van der Waals surface area contributed by atoms with Gasteiger partial charge in [0.1, 0.15) is 0 Å². The maximum Gasteiger partial charge on any atom is 0.0347 e. The Labute approximate surface area is 87.5 Å². The summed E-state index contributed by atoms with van der Waals surface area (Å²) in [6, 6.07) is 7.30. The first-order valence-corrected chi connectivity index (χ1v) is 5.55. The maximum atomic E-state index is 3.45. The molecule has 0 aliphatic rings. The molecule has 1 aromatic rings. The monoisotopic (exact) mass is 191 g/mol. The highest BCUT2D eigenvalue weighted by atomic mass is 14.9. The highest BCUT2D eigenvalue weighted by Crippen LogP contribution is 2.16. The second kappa shape index (κ2) is 5.04. The van der Waals surface area contributed by atoms with Gasteiger partial charge < -0.3 is 5.32 Å². The van der Waals surface area contributed by atoms with Crippen molar-refractivity contribution in [3.63, 3.8) is 0 Å². The van der Waals surface area contributed by atoms with Gasteiger partial charge in [-0.2, -0.15) is 0 Å². The van der Waals surface area contributed by atoms with Gasteiger partial charge in [0.2, 0.25) is 0 Å². The van der Waals surface area contributed by atoms with Crippen molar-refractivity contribution in [1.29, 1.82) is 0 Å². The van der Waals surface area contributed by atoms with E-state index in [0.717, 1.165) is 12.8 Å². The summed E-state index contributed by atoms with van der Waals surface area (Å²) in [6.07, 6.45) is 2.22. The molecule has 0 saturated carbocycles. The Balaban J connectivity index is 2.92. The van der Waals surface area contributed by atoms with Crippen molar-refractivity contribution in [2.24, 2.45) is 0 Å². The van der Waals surface area contributed by atoms with E-state index in [-0.39, 0.29) is 0 Å². The second-order valence-electron chi connectivity index (χ2n) is 4.04. The number of hydrogen-bond acceptors (Lipinski definition) is 1. The summed E-state index contributed by atoms with van der Waals surface area (Å²) in [6.45, 7) is 8.75. The molecule has 0 amide bonds. The quantitative estimate of drug-likeness (QED) is 0.766. The molecule has 1 N–H and O–H groups in total. The fraction of sp³-hybridized carbons (Fsp3) is 0.538. The van der Waals surface area contributed by atoms with Crippen LogP contribution in [0.5, 0.6) is 0 Å². The number of aryl methyl sites for hydroxylation is 2. The molecule has 1 nitrogen and oxygen atoms in total. The standard InChI is InChI=1S/C13H21N/c1-5-11-7-12(6-2)9-13(8-11)14-10(3)4/h7-10,14H,5-6H2,1-4H3. The second-order valence-corrected chi connectivity index (χ2v) is 4.04. The van der Waals surface area contributed by atoms with E-state index in [0.29, 0.717) is 6.04 Å². The number of nitrogens with one attached hydrogen (secondary N) is 1. The molecule has 0 aromatic heterocycles.